The van der Waals surface area contributed by atoms with E-state index in [-0.39, 0.29) is 6.54 Å². The highest BCUT2D eigenvalue weighted by atomic mass is 19.1. The average molecular weight is 338 g/mol. The Labute approximate surface area is 144 Å². The van der Waals surface area contributed by atoms with E-state index in [1.54, 1.807) is 10.7 Å². The van der Waals surface area contributed by atoms with Crippen LogP contribution in [0.2, 0.25) is 0 Å². The summed E-state index contributed by atoms with van der Waals surface area (Å²) in [4.78, 5) is 13.2. The molecule has 3 heterocycles. The van der Waals surface area contributed by atoms with Crippen molar-refractivity contribution in [3.63, 3.8) is 0 Å². The molecule has 128 valence electrons. The van der Waals surface area contributed by atoms with Crippen molar-refractivity contribution in [1.82, 2.24) is 24.6 Å². The molecule has 0 aliphatic heterocycles. The van der Waals surface area contributed by atoms with Gasteiger partial charge < -0.3 is 5.32 Å². The van der Waals surface area contributed by atoms with E-state index in [0.717, 1.165) is 33.9 Å². The number of rotatable bonds is 4. The van der Waals surface area contributed by atoms with Crippen molar-refractivity contribution >= 4 is 17.2 Å². The van der Waals surface area contributed by atoms with Gasteiger partial charge in [-0.2, -0.15) is 5.10 Å². The highest BCUT2D eigenvalue weighted by Crippen LogP contribution is 2.30. The van der Waals surface area contributed by atoms with Crippen molar-refractivity contribution in [1.29, 1.82) is 0 Å². The summed E-state index contributed by atoms with van der Waals surface area (Å²) >= 11 is 0. The predicted octanol–water partition coefficient (Wildman–Crippen LogP) is 2.98. The summed E-state index contributed by atoms with van der Waals surface area (Å²) in [7, 11) is 0. The molecule has 0 unspecified atom stereocenters. The fraction of sp³-hybridized carbons (Fsp3) is 0.333. The first-order valence-corrected chi connectivity index (χ1v) is 8.22. The van der Waals surface area contributed by atoms with Crippen molar-refractivity contribution in [3.8, 4) is 0 Å². The highest BCUT2D eigenvalue weighted by molar-refractivity contribution is 5.82. The van der Waals surface area contributed by atoms with Crippen molar-refractivity contribution in [2.24, 2.45) is 0 Å². The lowest BCUT2D eigenvalue weighted by atomic mass is 10.1. The Kier molecular flexibility index (Phi) is 3.52. The first kappa shape index (κ1) is 15.7. The minimum absolute atomic E-state index is 0.171. The number of nitrogens with zero attached hydrogens (tertiary/aromatic N) is 5. The van der Waals surface area contributed by atoms with Crippen molar-refractivity contribution < 1.29 is 4.39 Å². The standard InChI is InChI=1S/C18H19FN6/c1-11-9-25-16(22-11)7-6-15(24-25)12-4-5-14-13(12)8-20-17(23-14)21-10-18(2,3)19/h4,6-9H,5,10H2,1-3H3,(H,20,21,23). The second-order valence-electron chi connectivity index (χ2n) is 6.85. The molecule has 0 bridgehead atoms. The summed E-state index contributed by atoms with van der Waals surface area (Å²) in [6.07, 6.45) is 6.49. The number of hydrogen-bond acceptors (Lipinski definition) is 5. The van der Waals surface area contributed by atoms with Gasteiger partial charge in [0.15, 0.2) is 5.65 Å². The van der Waals surface area contributed by atoms with Gasteiger partial charge in [0.2, 0.25) is 5.95 Å². The number of aromatic nitrogens is 5. The van der Waals surface area contributed by atoms with Crippen LogP contribution in [0.1, 0.15) is 36.5 Å². The van der Waals surface area contributed by atoms with Crippen LogP contribution in [0.4, 0.5) is 10.3 Å². The Morgan fingerprint density at radius 2 is 2.12 bits per heavy atom. The number of fused-ring (bicyclic) bond motifs is 2. The normalized spacial score (nSPS) is 13.8. The number of alkyl halides is 1. The predicted molar refractivity (Wildman–Crippen MR) is 94.2 cm³/mol. The van der Waals surface area contributed by atoms with Crippen LogP contribution in [-0.2, 0) is 6.42 Å². The third kappa shape index (κ3) is 3.09. The molecular weight excluding hydrogens is 319 g/mol. The Bertz CT molecular complexity index is 983. The fourth-order valence-corrected chi connectivity index (χ4v) is 2.87. The molecule has 1 aliphatic rings. The Balaban J connectivity index is 1.62. The molecule has 3 aromatic heterocycles. The van der Waals surface area contributed by atoms with E-state index in [2.05, 4.69) is 31.4 Å². The van der Waals surface area contributed by atoms with Gasteiger partial charge in [0, 0.05) is 23.8 Å². The molecule has 25 heavy (non-hydrogen) atoms. The third-order valence-electron chi connectivity index (χ3n) is 4.04. The summed E-state index contributed by atoms with van der Waals surface area (Å²) in [6.45, 7) is 5.16. The molecule has 0 aromatic carbocycles. The molecule has 3 aromatic rings. The molecule has 0 fully saturated rings. The van der Waals surface area contributed by atoms with Gasteiger partial charge in [-0.1, -0.05) is 6.08 Å². The van der Waals surface area contributed by atoms with Crippen LogP contribution in [-0.4, -0.2) is 36.8 Å². The third-order valence-corrected chi connectivity index (χ3v) is 4.04. The number of hydrogen-bond donors (Lipinski definition) is 1. The zero-order chi connectivity index (χ0) is 17.6. The molecule has 0 radical (unpaired) electrons. The van der Waals surface area contributed by atoms with E-state index in [9.17, 15) is 4.39 Å². The first-order chi connectivity index (χ1) is 11.9. The molecule has 0 saturated heterocycles. The Morgan fingerprint density at radius 3 is 2.92 bits per heavy atom. The van der Waals surface area contributed by atoms with Crippen LogP contribution >= 0.6 is 0 Å². The largest absolute Gasteiger partial charge is 0.351 e. The maximum absolute atomic E-state index is 13.6. The van der Waals surface area contributed by atoms with Gasteiger partial charge >= 0.3 is 0 Å². The molecule has 6 nitrogen and oxygen atoms in total. The van der Waals surface area contributed by atoms with Gasteiger partial charge in [0.25, 0.3) is 0 Å². The minimum Gasteiger partial charge on any atom is -0.351 e. The molecule has 7 heteroatoms. The zero-order valence-corrected chi connectivity index (χ0v) is 14.4. The van der Waals surface area contributed by atoms with Crippen LogP contribution < -0.4 is 5.32 Å². The quantitative estimate of drug-likeness (QED) is 0.792. The van der Waals surface area contributed by atoms with Crippen molar-refractivity contribution in [2.45, 2.75) is 32.9 Å². The topological polar surface area (TPSA) is 68.0 Å². The maximum atomic E-state index is 13.6. The maximum Gasteiger partial charge on any atom is 0.223 e. The molecule has 4 rings (SSSR count). The van der Waals surface area contributed by atoms with Crippen LogP contribution in [0.15, 0.2) is 30.6 Å². The molecular formula is C18H19FN6. The number of imidazole rings is 1. The number of allylic oxidation sites excluding steroid dienone is 1. The van der Waals surface area contributed by atoms with Crippen molar-refractivity contribution in [3.05, 3.63) is 53.2 Å². The van der Waals surface area contributed by atoms with E-state index in [1.165, 1.54) is 13.8 Å². The zero-order valence-electron chi connectivity index (χ0n) is 14.4. The van der Waals surface area contributed by atoms with E-state index < -0.39 is 5.67 Å². The smallest absolute Gasteiger partial charge is 0.223 e. The van der Waals surface area contributed by atoms with E-state index in [0.29, 0.717) is 12.4 Å². The van der Waals surface area contributed by atoms with Gasteiger partial charge in [-0.05, 0) is 32.9 Å². The second kappa shape index (κ2) is 5.61. The SMILES string of the molecule is Cc1cn2nc(C3=CCc4nc(NCC(C)(C)F)ncc43)ccc2n1. The van der Waals surface area contributed by atoms with Crippen molar-refractivity contribution in [2.75, 3.05) is 11.9 Å². The summed E-state index contributed by atoms with van der Waals surface area (Å²) in [5.41, 5.74) is 4.21. The van der Waals surface area contributed by atoms with Gasteiger partial charge in [0.05, 0.1) is 29.8 Å². The fourth-order valence-electron chi connectivity index (χ4n) is 2.87. The molecule has 0 amide bonds. The summed E-state index contributed by atoms with van der Waals surface area (Å²) in [5, 5.41) is 7.58. The van der Waals surface area contributed by atoms with Gasteiger partial charge in [-0.15, -0.1) is 0 Å². The number of aryl methyl sites for hydroxylation is 1. The lowest BCUT2D eigenvalue weighted by molar-refractivity contribution is 0.234. The number of halogens is 1. The van der Waals surface area contributed by atoms with Gasteiger partial charge in [0.1, 0.15) is 5.67 Å². The summed E-state index contributed by atoms with van der Waals surface area (Å²) in [5.74, 6) is 0.452. The van der Waals surface area contributed by atoms with E-state index in [4.69, 9.17) is 0 Å². The monoisotopic (exact) mass is 338 g/mol. The Hall–Kier alpha value is -2.83. The minimum atomic E-state index is -1.31. The van der Waals surface area contributed by atoms with Crippen LogP contribution in [0.25, 0.3) is 11.2 Å². The lowest BCUT2D eigenvalue weighted by Gasteiger charge is -2.15. The summed E-state index contributed by atoms with van der Waals surface area (Å²) < 4.78 is 15.4. The van der Waals surface area contributed by atoms with Gasteiger partial charge in [-0.3, -0.25) is 0 Å². The van der Waals surface area contributed by atoms with E-state index >= 15 is 0 Å². The van der Waals surface area contributed by atoms with E-state index in [1.807, 2.05) is 25.3 Å². The van der Waals surface area contributed by atoms with Crippen LogP contribution in [0.3, 0.4) is 0 Å². The lowest BCUT2D eigenvalue weighted by Crippen LogP contribution is -2.25. The molecule has 1 N–H and O–H groups in total. The first-order valence-electron chi connectivity index (χ1n) is 8.22. The Morgan fingerprint density at radius 1 is 1.28 bits per heavy atom. The average Bonchev–Trinajstić information content (AvgIpc) is 3.13. The molecule has 0 atom stereocenters. The van der Waals surface area contributed by atoms with Crippen LogP contribution in [0, 0.1) is 6.92 Å². The molecule has 0 spiro atoms. The molecule has 0 saturated carbocycles. The van der Waals surface area contributed by atoms with Crippen LogP contribution in [0.5, 0.6) is 0 Å². The number of nitrogens with one attached hydrogen (secondary N) is 1. The molecule has 1 aliphatic carbocycles. The number of anilines is 1. The van der Waals surface area contributed by atoms with Gasteiger partial charge in [-0.25, -0.2) is 23.9 Å². The second-order valence-corrected chi connectivity index (χ2v) is 6.85. The summed E-state index contributed by atoms with van der Waals surface area (Å²) in [6, 6.07) is 3.91. The highest BCUT2D eigenvalue weighted by Gasteiger charge is 2.21.